The van der Waals surface area contributed by atoms with Gasteiger partial charge in [-0.15, -0.1) is 0 Å². The summed E-state index contributed by atoms with van der Waals surface area (Å²) in [6.07, 6.45) is 0.913. The minimum Gasteiger partial charge on any atom is -0.368 e. The maximum Gasteiger partial charge on any atom is 0.288 e. The molecule has 8 nitrogen and oxygen atoms in total. The summed E-state index contributed by atoms with van der Waals surface area (Å²) in [6.45, 7) is 1.29. The van der Waals surface area contributed by atoms with E-state index in [0.717, 1.165) is 18.4 Å². The van der Waals surface area contributed by atoms with Crippen LogP contribution in [0, 0.1) is 15.9 Å². The van der Waals surface area contributed by atoms with Crippen LogP contribution in [0.1, 0.15) is 10.4 Å². The molecule has 3 rings (SSSR count). The van der Waals surface area contributed by atoms with E-state index in [0.29, 0.717) is 18.8 Å². The molecule has 29 heavy (non-hydrogen) atoms. The highest BCUT2D eigenvalue weighted by Crippen LogP contribution is 2.29. The maximum absolute atomic E-state index is 14.0. The van der Waals surface area contributed by atoms with E-state index >= 15 is 0 Å². The number of piperazine rings is 1. The smallest absolute Gasteiger partial charge is 0.288 e. The fraction of sp³-hybridized carbons (Fsp3) is 0.278. The molecule has 0 N–H and O–H groups in total. The van der Waals surface area contributed by atoms with Gasteiger partial charge in [-0.05, 0) is 30.3 Å². The lowest BCUT2D eigenvalue weighted by Gasteiger charge is -2.36. The van der Waals surface area contributed by atoms with Gasteiger partial charge in [-0.2, -0.15) is 0 Å². The molecule has 0 aliphatic carbocycles. The summed E-state index contributed by atoms with van der Waals surface area (Å²) in [5.74, 6) is -1.16. The Labute approximate surface area is 171 Å². The molecule has 0 unspecified atom stereocenters. The van der Waals surface area contributed by atoms with Gasteiger partial charge in [-0.25, -0.2) is 12.8 Å². The van der Waals surface area contributed by atoms with Gasteiger partial charge < -0.3 is 9.80 Å². The Hall–Kier alpha value is -2.72. The monoisotopic (exact) mass is 441 g/mol. The molecule has 1 aliphatic rings. The molecule has 2 aromatic carbocycles. The Morgan fingerprint density at radius 3 is 2.34 bits per heavy atom. The number of carbonyl (C=O) groups is 1. The SMILES string of the molecule is CS(=O)(=O)c1cc(N2CCN(C(=O)c3ccc(Cl)cc3F)CC2)ccc1[N+](=O)[O-]. The standard InChI is InChI=1S/C18H17ClFN3O5S/c1-29(27,28)17-11-13(3-5-16(17)23(25)26)21-6-8-22(9-7-21)18(24)14-4-2-12(19)10-15(14)20/h2-5,10-11H,6-9H2,1H3. The van der Waals surface area contributed by atoms with Crippen molar-refractivity contribution in [3.8, 4) is 0 Å². The number of nitrogens with zero attached hydrogens (tertiary/aromatic N) is 3. The van der Waals surface area contributed by atoms with E-state index in [2.05, 4.69) is 0 Å². The van der Waals surface area contributed by atoms with Gasteiger partial charge in [0.15, 0.2) is 9.84 Å². The molecule has 1 amide bonds. The number of benzene rings is 2. The predicted octanol–water partition coefficient (Wildman–Crippen LogP) is 2.75. The topological polar surface area (TPSA) is 101 Å². The second-order valence-electron chi connectivity index (χ2n) is 6.58. The number of amides is 1. The zero-order valence-corrected chi connectivity index (χ0v) is 16.9. The number of carbonyl (C=O) groups excluding carboxylic acids is 1. The van der Waals surface area contributed by atoms with E-state index in [-0.39, 0.29) is 28.6 Å². The molecule has 0 spiro atoms. The van der Waals surface area contributed by atoms with Gasteiger partial charge in [-0.1, -0.05) is 11.6 Å². The summed E-state index contributed by atoms with van der Waals surface area (Å²) in [5.41, 5.74) is -0.0541. The van der Waals surface area contributed by atoms with Gasteiger partial charge in [0, 0.05) is 49.2 Å². The number of sulfone groups is 1. The van der Waals surface area contributed by atoms with Crippen molar-refractivity contribution in [1.29, 1.82) is 0 Å². The summed E-state index contributed by atoms with van der Waals surface area (Å²) in [5, 5.41) is 11.3. The number of hydrogen-bond acceptors (Lipinski definition) is 6. The van der Waals surface area contributed by atoms with Crippen LogP contribution in [0.3, 0.4) is 0 Å². The second-order valence-corrected chi connectivity index (χ2v) is 9.01. The highest BCUT2D eigenvalue weighted by molar-refractivity contribution is 7.90. The summed E-state index contributed by atoms with van der Waals surface area (Å²) >= 11 is 5.71. The second kappa shape index (κ2) is 7.96. The first-order valence-corrected chi connectivity index (χ1v) is 10.8. The molecule has 0 atom stereocenters. The van der Waals surface area contributed by atoms with E-state index < -0.39 is 32.2 Å². The molecule has 11 heteroatoms. The maximum atomic E-state index is 14.0. The van der Waals surface area contributed by atoms with Crippen molar-refractivity contribution in [2.75, 3.05) is 37.3 Å². The Morgan fingerprint density at radius 1 is 1.14 bits per heavy atom. The number of nitro benzene ring substituents is 1. The molecular weight excluding hydrogens is 425 g/mol. The Bertz CT molecular complexity index is 1080. The van der Waals surface area contributed by atoms with Crippen LogP contribution < -0.4 is 4.90 Å². The molecule has 0 aromatic heterocycles. The molecule has 1 aliphatic heterocycles. The Kier molecular flexibility index (Phi) is 5.76. The summed E-state index contributed by atoms with van der Waals surface area (Å²) in [7, 11) is -3.79. The van der Waals surface area contributed by atoms with Crippen molar-refractivity contribution in [2.24, 2.45) is 0 Å². The average molecular weight is 442 g/mol. The minimum absolute atomic E-state index is 0.0717. The molecule has 0 saturated carbocycles. The highest BCUT2D eigenvalue weighted by atomic mass is 35.5. The number of rotatable bonds is 4. The van der Waals surface area contributed by atoms with Gasteiger partial charge >= 0.3 is 0 Å². The van der Waals surface area contributed by atoms with E-state index in [9.17, 15) is 27.7 Å². The molecular formula is C18H17ClFN3O5S. The van der Waals surface area contributed by atoms with Crippen LogP contribution in [-0.4, -0.2) is 56.6 Å². The van der Waals surface area contributed by atoms with Crippen molar-refractivity contribution in [1.82, 2.24) is 4.90 Å². The zero-order chi connectivity index (χ0) is 21.3. The Balaban J connectivity index is 1.77. The van der Waals surface area contributed by atoms with Crippen LogP contribution in [-0.2, 0) is 9.84 Å². The lowest BCUT2D eigenvalue weighted by Crippen LogP contribution is -2.49. The number of nitro groups is 1. The van der Waals surface area contributed by atoms with E-state index in [1.165, 1.54) is 29.2 Å². The molecule has 154 valence electrons. The summed E-state index contributed by atoms with van der Waals surface area (Å²) in [6, 6.07) is 7.76. The van der Waals surface area contributed by atoms with E-state index in [1.807, 2.05) is 4.90 Å². The van der Waals surface area contributed by atoms with Crippen LogP contribution >= 0.6 is 11.6 Å². The average Bonchev–Trinajstić information content (AvgIpc) is 2.66. The zero-order valence-electron chi connectivity index (χ0n) is 15.3. The number of halogens is 2. The molecule has 1 saturated heterocycles. The van der Waals surface area contributed by atoms with Crippen molar-refractivity contribution >= 4 is 38.7 Å². The van der Waals surface area contributed by atoms with E-state index in [4.69, 9.17) is 11.6 Å². The summed E-state index contributed by atoms with van der Waals surface area (Å²) < 4.78 is 37.9. The van der Waals surface area contributed by atoms with Crippen molar-refractivity contribution in [3.05, 3.63) is 62.9 Å². The fourth-order valence-electron chi connectivity index (χ4n) is 3.15. The minimum atomic E-state index is -3.79. The van der Waals surface area contributed by atoms with E-state index in [1.54, 1.807) is 0 Å². The first kappa shape index (κ1) is 21.0. The van der Waals surface area contributed by atoms with Crippen LogP contribution in [0.25, 0.3) is 0 Å². The summed E-state index contributed by atoms with van der Waals surface area (Å²) in [4.78, 5) is 25.9. The molecule has 2 aromatic rings. The lowest BCUT2D eigenvalue weighted by atomic mass is 10.1. The first-order valence-electron chi connectivity index (χ1n) is 8.55. The van der Waals surface area contributed by atoms with Gasteiger partial charge in [0.25, 0.3) is 11.6 Å². The van der Waals surface area contributed by atoms with Crippen molar-refractivity contribution < 1.29 is 22.5 Å². The lowest BCUT2D eigenvalue weighted by molar-refractivity contribution is -0.387. The fourth-order valence-corrected chi connectivity index (χ4v) is 4.16. The largest absolute Gasteiger partial charge is 0.368 e. The van der Waals surface area contributed by atoms with Gasteiger partial charge in [0.2, 0.25) is 0 Å². The van der Waals surface area contributed by atoms with Crippen LogP contribution in [0.2, 0.25) is 5.02 Å². The number of anilines is 1. The Morgan fingerprint density at radius 2 is 1.79 bits per heavy atom. The third kappa shape index (κ3) is 4.48. The van der Waals surface area contributed by atoms with Crippen LogP contribution in [0.15, 0.2) is 41.3 Å². The molecule has 1 heterocycles. The van der Waals surface area contributed by atoms with Crippen LogP contribution in [0.5, 0.6) is 0 Å². The quantitative estimate of drug-likeness (QED) is 0.534. The van der Waals surface area contributed by atoms with Crippen molar-refractivity contribution in [3.63, 3.8) is 0 Å². The van der Waals surface area contributed by atoms with Gasteiger partial charge in [0.05, 0.1) is 10.5 Å². The first-order chi connectivity index (χ1) is 13.6. The van der Waals surface area contributed by atoms with Crippen LogP contribution in [0.4, 0.5) is 15.8 Å². The molecule has 1 fully saturated rings. The van der Waals surface area contributed by atoms with Gasteiger partial charge in [0.1, 0.15) is 10.7 Å². The van der Waals surface area contributed by atoms with Crippen molar-refractivity contribution in [2.45, 2.75) is 4.90 Å². The number of hydrogen-bond donors (Lipinski definition) is 0. The predicted molar refractivity (Wildman–Crippen MR) is 106 cm³/mol. The third-order valence-electron chi connectivity index (χ3n) is 4.63. The molecule has 0 radical (unpaired) electrons. The third-order valence-corrected chi connectivity index (χ3v) is 5.99. The molecule has 0 bridgehead atoms. The highest BCUT2D eigenvalue weighted by Gasteiger charge is 2.27. The normalized spacial score (nSPS) is 14.7. The van der Waals surface area contributed by atoms with Gasteiger partial charge in [-0.3, -0.25) is 14.9 Å².